The Morgan fingerprint density at radius 2 is 2.07 bits per heavy atom. The molecule has 14 heavy (non-hydrogen) atoms. The zero-order chi connectivity index (χ0) is 10.3. The molecule has 0 aliphatic heterocycles. The van der Waals surface area contributed by atoms with Crippen molar-refractivity contribution < 1.29 is 0 Å². The fourth-order valence-electron chi connectivity index (χ4n) is 0.932. The van der Waals surface area contributed by atoms with E-state index in [0.29, 0.717) is 14.5 Å². The Morgan fingerprint density at radius 3 is 2.50 bits per heavy atom. The second-order valence-electron chi connectivity index (χ2n) is 2.41. The molecule has 0 radical (unpaired) electrons. The van der Waals surface area contributed by atoms with Crippen LogP contribution in [0, 0.1) is 0 Å². The Labute approximate surface area is 107 Å². The van der Waals surface area contributed by atoms with Crippen molar-refractivity contribution in [2.75, 3.05) is 5.73 Å². The lowest BCUT2D eigenvalue weighted by Crippen LogP contribution is -1.80. The summed E-state index contributed by atoms with van der Waals surface area (Å²) in [5.41, 5.74) is 6.38. The van der Waals surface area contributed by atoms with E-state index in [1.807, 2.05) is 0 Å². The molecule has 0 amide bonds. The SMILES string of the molecule is Nc1nc(-c2cc(Cl)c(Cl)s2)c(Br)s1. The third-order valence-electron chi connectivity index (χ3n) is 1.48. The number of halogens is 3. The van der Waals surface area contributed by atoms with Gasteiger partial charge in [0.15, 0.2) is 5.13 Å². The number of nitrogens with zero attached hydrogens (tertiary/aromatic N) is 1. The number of thiophene rings is 1. The molecule has 2 heterocycles. The number of rotatable bonds is 1. The Balaban J connectivity index is 2.54. The molecule has 2 nitrogen and oxygen atoms in total. The second-order valence-corrected chi connectivity index (χ2v) is 6.82. The first-order chi connectivity index (χ1) is 6.58. The second kappa shape index (κ2) is 3.98. The number of nitrogen functional groups attached to an aromatic ring is 1. The molecule has 2 aromatic heterocycles. The third kappa shape index (κ3) is 1.92. The molecule has 0 unspecified atom stereocenters. The van der Waals surface area contributed by atoms with Crippen molar-refractivity contribution in [2.24, 2.45) is 0 Å². The lowest BCUT2D eigenvalue weighted by molar-refractivity contribution is 1.42. The summed E-state index contributed by atoms with van der Waals surface area (Å²) in [6.45, 7) is 0. The molecule has 0 aromatic carbocycles. The van der Waals surface area contributed by atoms with E-state index < -0.39 is 0 Å². The first kappa shape index (κ1) is 10.7. The highest BCUT2D eigenvalue weighted by molar-refractivity contribution is 9.11. The van der Waals surface area contributed by atoms with Gasteiger partial charge in [0.25, 0.3) is 0 Å². The zero-order valence-corrected chi connectivity index (χ0v) is 11.3. The van der Waals surface area contributed by atoms with Crippen molar-refractivity contribution in [2.45, 2.75) is 0 Å². The van der Waals surface area contributed by atoms with Crippen LogP contribution in [0.2, 0.25) is 9.36 Å². The minimum Gasteiger partial charge on any atom is -0.375 e. The van der Waals surface area contributed by atoms with Crippen molar-refractivity contribution in [1.82, 2.24) is 4.98 Å². The Morgan fingerprint density at radius 1 is 1.36 bits per heavy atom. The van der Waals surface area contributed by atoms with Gasteiger partial charge >= 0.3 is 0 Å². The smallest absolute Gasteiger partial charge is 0.181 e. The van der Waals surface area contributed by atoms with Gasteiger partial charge in [-0.3, -0.25) is 0 Å². The van der Waals surface area contributed by atoms with Crippen LogP contribution in [0.25, 0.3) is 10.6 Å². The molecule has 0 aliphatic rings. The van der Waals surface area contributed by atoms with Gasteiger partial charge in [-0.05, 0) is 22.0 Å². The standard InChI is InChI=1S/C7H3BrCl2N2S2/c8-5-4(12-7(11)14-5)3-1-2(9)6(10)13-3/h1H,(H2,11,12). The number of hydrogen-bond donors (Lipinski definition) is 1. The van der Waals surface area contributed by atoms with Crippen molar-refractivity contribution >= 4 is 66.9 Å². The van der Waals surface area contributed by atoms with E-state index in [1.165, 1.54) is 22.7 Å². The maximum atomic E-state index is 5.85. The van der Waals surface area contributed by atoms with Gasteiger partial charge in [-0.1, -0.05) is 34.5 Å². The maximum absolute atomic E-state index is 5.85. The molecule has 2 aromatic rings. The molecule has 0 atom stereocenters. The summed E-state index contributed by atoms with van der Waals surface area (Å²) in [6, 6.07) is 1.79. The number of aromatic nitrogens is 1. The van der Waals surface area contributed by atoms with Crippen LogP contribution >= 0.6 is 61.8 Å². The highest BCUT2D eigenvalue weighted by atomic mass is 79.9. The van der Waals surface area contributed by atoms with Gasteiger partial charge in [0.1, 0.15) is 13.8 Å². The van der Waals surface area contributed by atoms with Crippen molar-refractivity contribution in [3.8, 4) is 10.6 Å². The Kier molecular flexibility index (Phi) is 3.04. The minimum absolute atomic E-state index is 0.521. The van der Waals surface area contributed by atoms with Crippen molar-refractivity contribution in [3.05, 3.63) is 19.2 Å². The van der Waals surface area contributed by atoms with Crippen LogP contribution in [0.1, 0.15) is 0 Å². The molecular weight excluding hydrogens is 327 g/mol. The normalized spacial score (nSPS) is 10.8. The molecule has 7 heteroatoms. The molecule has 0 aliphatic carbocycles. The molecule has 2 rings (SSSR count). The average Bonchev–Trinajstić information content (AvgIpc) is 2.57. The fraction of sp³-hybridized carbons (Fsp3) is 0. The summed E-state index contributed by atoms with van der Waals surface area (Å²) in [7, 11) is 0. The number of nitrogens with two attached hydrogens (primary N) is 1. The highest BCUT2D eigenvalue weighted by Crippen LogP contribution is 2.42. The fourth-order valence-corrected chi connectivity index (χ4v) is 3.86. The molecule has 0 saturated carbocycles. The van der Waals surface area contributed by atoms with E-state index in [0.717, 1.165) is 14.4 Å². The van der Waals surface area contributed by atoms with Crippen LogP contribution in [-0.2, 0) is 0 Å². The molecule has 74 valence electrons. The van der Waals surface area contributed by atoms with E-state index in [-0.39, 0.29) is 0 Å². The zero-order valence-electron chi connectivity index (χ0n) is 6.55. The molecule has 0 bridgehead atoms. The van der Waals surface area contributed by atoms with E-state index in [1.54, 1.807) is 6.07 Å². The van der Waals surface area contributed by atoms with Gasteiger partial charge < -0.3 is 5.73 Å². The number of thiazole rings is 1. The molecular formula is C7H3BrCl2N2S2. The van der Waals surface area contributed by atoms with Crippen LogP contribution in [0.15, 0.2) is 9.85 Å². The van der Waals surface area contributed by atoms with Gasteiger partial charge in [-0.25, -0.2) is 4.98 Å². The van der Waals surface area contributed by atoms with E-state index >= 15 is 0 Å². The van der Waals surface area contributed by atoms with Gasteiger partial charge in [0, 0.05) is 0 Å². The van der Waals surface area contributed by atoms with Crippen LogP contribution in [0.3, 0.4) is 0 Å². The Bertz CT molecular complexity index is 460. The molecule has 0 saturated heterocycles. The van der Waals surface area contributed by atoms with Crippen LogP contribution in [0.4, 0.5) is 5.13 Å². The number of anilines is 1. The lowest BCUT2D eigenvalue weighted by Gasteiger charge is -1.88. The summed E-state index contributed by atoms with van der Waals surface area (Å²) in [6.07, 6.45) is 0. The van der Waals surface area contributed by atoms with E-state index in [2.05, 4.69) is 20.9 Å². The van der Waals surface area contributed by atoms with Crippen LogP contribution in [-0.4, -0.2) is 4.98 Å². The van der Waals surface area contributed by atoms with Gasteiger partial charge in [-0.2, -0.15) is 0 Å². The van der Waals surface area contributed by atoms with Crippen LogP contribution < -0.4 is 5.73 Å². The third-order valence-corrected chi connectivity index (χ3v) is 4.89. The predicted octanol–water partition coefficient (Wildman–Crippen LogP) is 4.52. The van der Waals surface area contributed by atoms with Crippen LogP contribution in [0.5, 0.6) is 0 Å². The monoisotopic (exact) mass is 328 g/mol. The first-order valence-electron chi connectivity index (χ1n) is 3.45. The minimum atomic E-state index is 0.521. The maximum Gasteiger partial charge on any atom is 0.181 e. The topological polar surface area (TPSA) is 38.9 Å². The van der Waals surface area contributed by atoms with Gasteiger partial charge in [0.2, 0.25) is 0 Å². The Hall–Kier alpha value is 0.190. The molecule has 0 spiro atoms. The van der Waals surface area contributed by atoms with Crippen molar-refractivity contribution in [1.29, 1.82) is 0 Å². The largest absolute Gasteiger partial charge is 0.375 e. The van der Waals surface area contributed by atoms with Gasteiger partial charge in [-0.15, -0.1) is 11.3 Å². The first-order valence-corrected chi connectivity index (χ1v) is 6.63. The summed E-state index contributed by atoms with van der Waals surface area (Å²) in [4.78, 5) is 5.09. The summed E-state index contributed by atoms with van der Waals surface area (Å²) >= 11 is 17.9. The highest BCUT2D eigenvalue weighted by Gasteiger charge is 2.13. The summed E-state index contributed by atoms with van der Waals surface area (Å²) in [5.74, 6) is 0. The summed E-state index contributed by atoms with van der Waals surface area (Å²) < 4.78 is 1.46. The van der Waals surface area contributed by atoms with Gasteiger partial charge in [0.05, 0.1) is 9.90 Å². The predicted molar refractivity (Wildman–Crippen MR) is 67.6 cm³/mol. The summed E-state index contributed by atoms with van der Waals surface area (Å²) in [5, 5.41) is 1.07. The van der Waals surface area contributed by atoms with E-state index in [4.69, 9.17) is 28.9 Å². The average molecular weight is 330 g/mol. The number of hydrogen-bond acceptors (Lipinski definition) is 4. The van der Waals surface area contributed by atoms with Crippen molar-refractivity contribution in [3.63, 3.8) is 0 Å². The molecule has 2 N–H and O–H groups in total. The van der Waals surface area contributed by atoms with E-state index in [9.17, 15) is 0 Å². The molecule has 0 fully saturated rings. The lowest BCUT2D eigenvalue weighted by atomic mass is 10.4. The quantitative estimate of drug-likeness (QED) is 0.835.